The first-order valence-electron chi connectivity index (χ1n) is 3.28. The zero-order valence-electron chi connectivity index (χ0n) is 6.37. The van der Waals surface area contributed by atoms with Gasteiger partial charge >= 0.3 is 0 Å². The maximum Gasteiger partial charge on any atom is 0.268 e. The number of aromatic hydroxyl groups is 1. The smallest absolute Gasteiger partial charge is 0.268 e. The number of alkyl halides is 2. The summed E-state index contributed by atoms with van der Waals surface area (Å²) < 4.78 is 24.5. The zero-order chi connectivity index (χ0) is 10.0. The minimum atomic E-state index is -2.93. The molecular formula is C7H6F2N2O2. The third-order valence-corrected chi connectivity index (χ3v) is 1.50. The number of hydrogen-bond acceptors (Lipinski definition) is 4. The molecule has 0 fully saturated rings. The van der Waals surface area contributed by atoms with Gasteiger partial charge in [-0.3, -0.25) is 4.79 Å². The quantitative estimate of drug-likeness (QED) is 0.682. The average molecular weight is 188 g/mol. The van der Waals surface area contributed by atoms with Gasteiger partial charge in [0.1, 0.15) is 5.69 Å². The minimum Gasteiger partial charge on any atom is -0.504 e. The molecular weight excluding hydrogens is 182 g/mol. The maximum absolute atomic E-state index is 12.3. The number of hydrogen-bond donors (Lipinski definition) is 2. The van der Waals surface area contributed by atoms with Crippen LogP contribution in [0.5, 0.6) is 5.75 Å². The molecule has 0 aromatic carbocycles. The molecule has 0 radical (unpaired) electrons. The van der Waals surface area contributed by atoms with Gasteiger partial charge in [-0.2, -0.15) is 0 Å². The second-order valence-corrected chi connectivity index (χ2v) is 2.27. The van der Waals surface area contributed by atoms with Crippen molar-refractivity contribution in [2.24, 2.45) is 0 Å². The molecule has 0 amide bonds. The highest BCUT2D eigenvalue weighted by Gasteiger charge is 2.19. The summed E-state index contributed by atoms with van der Waals surface area (Å²) in [5.41, 5.74) is 3.44. The van der Waals surface area contributed by atoms with Crippen LogP contribution in [-0.2, 0) is 0 Å². The molecule has 1 aromatic heterocycles. The summed E-state index contributed by atoms with van der Waals surface area (Å²) in [6, 6.07) is 0. The molecule has 13 heavy (non-hydrogen) atoms. The van der Waals surface area contributed by atoms with E-state index in [-0.39, 0.29) is 6.29 Å². The number of aldehydes is 1. The van der Waals surface area contributed by atoms with Crippen molar-refractivity contribution < 1.29 is 18.7 Å². The number of carbonyl (C=O) groups is 1. The van der Waals surface area contributed by atoms with E-state index in [0.29, 0.717) is 0 Å². The third-order valence-electron chi connectivity index (χ3n) is 1.50. The van der Waals surface area contributed by atoms with Gasteiger partial charge < -0.3 is 10.8 Å². The first kappa shape index (κ1) is 9.37. The van der Waals surface area contributed by atoms with Crippen molar-refractivity contribution in [1.29, 1.82) is 0 Å². The average Bonchev–Trinajstić information content (AvgIpc) is 2.08. The number of pyridine rings is 1. The number of rotatable bonds is 2. The van der Waals surface area contributed by atoms with Crippen LogP contribution in [-0.4, -0.2) is 16.4 Å². The molecule has 6 heteroatoms. The van der Waals surface area contributed by atoms with Crippen molar-refractivity contribution in [1.82, 2.24) is 4.98 Å². The summed E-state index contributed by atoms with van der Waals surface area (Å²) in [6.07, 6.45) is -1.91. The Balaban J connectivity index is 3.41. The minimum absolute atomic E-state index is 0.164. The van der Waals surface area contributed by atoms with Gasteiger partial charge in [-0.25, -0.2) is 13.8 Å². The van der Waals surface area contributed by atoms with Gasteiger partial charge in [-0.05, 0) is 0 Å². The van der Waals surface area contributed by atoms with Crippen molar-refractivity contribution in [3.8, 4) is 5.75 Å². The van der Waals surface area contributed by atoms with Crippen LogP contribution in [0.3, 0.4) is 0 Å². The Bertz CT molecular complexity index is 342. The Morgan fingerprint density at radius 2 is 2.23 bits per heavy atom. The van der Waals surface area contributed by atoms with E-state index in [1.807, 2.05) is 0 Å². The number of nitrogens with two attached hydrogens (primary N) is 1. The molecule has 0 aliphatic carbocycles. The maximum atomic E-state index is 12.3. The van der Waals surface area contributed by atoms with E-state index >= 15 is 0 Å². The van der Waals surface area contributed by atoms with Gasteiger partial charge in [0.15, 0.2) is 12.0 Å². The van der Waals surface area contributed by atoms with Crippen molar-refractivity contribution in [3.63, 3.8) is 0 Å². The van der Waals surface area contributed by atoms with Crippen LogP contribution in [0.2, 0.25) is 0 Å². The van der Waals surface area contributed by atoms with Crippen LogP contribution < -0.4 is 5.73 Å². The van der Waals surface area contributed by atoms with Gasteiger partial charge in [-0.15, -0.1) is 0 Å². The zero-order valence-corrected chi connectivity index (χ0v) is 6.37. The van der Waals surface area contributed by atoms with Gasteiger partial charge in [0.25, 0.3) is 6.43 Å². The topological polar surface area (TPSA) is 76.2 Å². The highest BCUT2D eigenvalue weighted by Crippen LogP contribution is 2.32. The molecule has 1 heterocycles. The second-order valence-electron chi connectivity index (χ2n) is 2.27. The van der Waals surface area contributed by atoms with Crippen LogP contribution in [0.25, 0.3) is 0 Å². The van der Waals surface area contributed by atoms with Crippen LogP contribution in [0.1, 0.15) is 22.5 Å². The number of carbonyl (C=O) groups excluding carboxylic acids is 1. The summed E-state index contributed by atoms with van der Waals surface area (Å²) >= 11 is 0. The summed E-state index contributed by atoms with van der Waals surface area (Å²) in [6.45, 7) is 0. The predicted molar refractivity (Wildman–Crippen MR) is 40.7 cm³/mol. The van der Waals surface area contributed by atoms with Crippen LogP contribution in [0, 0.1) is 0 Å². The van der Waals surface area contributed by atoms with Crippen LogP contribution in [0.4, 0.5) is 14.5 Å². The van der Waals surface area contributed by atoms with Crippen molar-refractivity contribution in [2.45, 2.75) is 6.43 Å². The molecule has 0 saturated heterocycles. The van der Waals surface area contributed by atoms with Gasteiger partial charge in [-0.1, -0.05) is 0 Å². The lowest BCUT2D eigenvalue weighted by molar-refractivity contribution is 0.110. The Hall–Kier alpha value is -1.72. The number of anilines is 1. The van der Waals surface area contributed by atoms with E-state index in [0.717, 1.165) is 6.20 Å². The first-order valence-corrected chi connectivity index (χ1v) is 3.28. The van der Waals surface area contributed by atoms with Crippen molar-refractivity contribution >= 4 is 12.0 Å². The Kier molecular flexibility index (Phi) is 2.41. The molecule has 0 unspecified atom stereocenters. The van der Waals surface area contributed by atoms with Gasteiger partial charge in [0.05, 0.1) is 17.4 Å². The molecule has 0 spiro atoms. The van der Waals surface area contributed by atoms with E-state index < -0.39 is 29.1 Å². The van der Waals surface area contributed by atoms with E-state index in [9.17, 15) is 13.6 Å². The lowest BCUT2D eigenvalue weighted by Gasteiger charge is -2.07. The highest BCUT2D eigenvalue weighted by atomic mass is 19.3. The molecule has 0 saturated carbocycles. The molecule has 0 atom stereocenters. The second kappa shape index (κ2) is 3.34. The van der Waals surface area contributed by atoms with E-state index in [2.05, 4.69) is 4.98 Å². The molecule has 1 rings (SSSR count). The summed E-state index contributed by atoms with van der Waals surface area (Å²) in [5.74, 6) is -0.555. The lowest BCUT2D eigenvalue weighted by Crippen LogP contribution is -2.02. The summed E-state index contributed by atoms with van der Waals surface area (Å²) in [4.78, 5) is 13.6. The largest absolute Gasteiger partial charge is 0.504 e. The Morgan fingerprint density at radius 3 is 2.69 bits per heavy atom. The monoisotopic (exact) mass is 188 g/mol. The lowest BCUT2D eigenvalue weighted by atomic mass is 10.1. The standard InChI is InChI=1S/C7H6F2N2O2/c8-7(9)5-3(2-12)11-1-4(13)6(5)10/h1-2,7,13H,(H2,10,11). The molecule has 1 aromatic rings. The Morgan fingerprint density at radius 1 is 1.62 bits per heavy atom. The number of halogens is 2. The fourth-order valence-corrected chi connectivity index (χ4v) is 0.869. The molecule has 0 bridgehead atoms. The molecule has 0 aliphatic heterocycles. The predicted octanol–water partition coefficient (Wildman–Crippen LogP) is 1.12. The van der Waals surface area contributed by atoms with Crippen LogP contribution in [0.15, 0.2) is 6.20 Å². The molecule has 4 nitrogen and oxygen atoms in total. The highest BCUT2D eigenvalue weighted by molar-refractivity contribution is 5.79. The van der Waals surface area contributed by atoms with E-state index in [1.165, 1.54) is 0 Å². The van der Waals surface area contributed by atoms with E-state index in [4.69, 9.17) is 10.8 Å². The molecule has 0 aliphatic rings. The fourth-order valence-electron chi connectivity index (χ4n) is 0.869. The number of aromatic nitrogens is 1. The summed E-state index contributed by atoms with van der Waals surface area (Å²) in [5, 5.41) is 8.93. The van der Waals surface area contributed by atoms with E-state index in [1.54, 1.807) is 0 Å². The first-order chi connectivity index (χ1) is 6.07. The third kappa shape index (κ3) is 1.56. The number of nitrogen functional groups attached to an aromatic ring is 1. The SMILES string of the molecule is Nc1c(O)cnc(C=O)c1C(F)F. The molecule has 3 N–H and O–H groups in total. The van der Waals surface area contributed by atoms with Crippen LogP contribution >= 0.6 is 0 Å². The summed E-state index contributed by atoms with van der Waals surface area (Å²) in [7, 11) is 0. The Labute approximate surface area is 72.0 Å². The van der Waals surface area contributed by atoms with Gasteiger partial charge in [0, 0.05) is 0 Å². The molecule has 70 valence electrons. The normalized spacial score (nSPS) is 10.4. The fraction of sp³-hybridized carbons (Fsp3) is 0.143. The number of nitrogens with zero attached hydrogens (tertiary/aromatic N) is 1. The van der Waals surface area contributed by atoms with Gasteiger partial charge in [0.2, 0.25) is 0 Å². The van der Waals surface area contributed by atoms with Crippen molar-refractivity contribution in [3.05, 3.63) is 17.5 Å². The van der Waals surface area contributed by atoms with Crippen molar-refractivity contribution in [2.75, 3.05) is 5.73 Å².